The Morgan fingerprint density at radius 3 is 2.41 bits per heavy atom. The number of halogens is 1. The maximum Gasteiger partial charge on any atom is 0.239 e. The largest absolute Gasteiger partial charge is 0.325 e. The van der Waals surface area contributed by atoms with Crippen LogP contribution >= 0.6 is 11.6 Å². The van der Waals surface area contributed by atoms with Crippen LogP contribution < -0.4 is 5.32 Å². The van der Waals surface area contributed by atoms with E-state index < -0.39 is 27.4 Å². The first-order valence-corrected chi connectivity index (χ1v) is 10.7. The van der Waals surface area contributed by atoms with Crippen LogP contribution in [0, 0.1) is 17.2 Å². The fraction of sp³-hybridized carbons (Fsp3) is 0.300. The van der Waals surface area contributed by atoms with Crippen molar-refractivity contribution in [1.82, 2.24) is 0 Å². The first kappa shape index (κ1) is 20.9. The Kier molecular flexibility index (Phi) is 7.00. The molecule has 1 atom stereocenters. The number of benzene rings is 2. The zero-order chi connectivity index (χ0) is 20.0. The van der Waals surface area contributed by atoms with Crippen molar-refractivity contribution in [3.63, 3.8) is 0 Å². The first-order chi connectivity index (χ1) is 12.7. The topological polar surface area (TPSA) is 87.0 Å². The number of carbonyl (C=O) groups is 1. The summed E-state index contributed by atoms with van der Waals surface area (Å²) in [5.41, 5.74) is 1.83. The third kappa shape index (κ3) is 6.09. The zero-order valence-electron chi connectivity index (χ0n) is 15.1. The fourth-order valence-electron chi connectivity index (χ4n) is 2.77. The van der Waals surface area contributed by atoms with Crippen molar-refractivity contribution >= 4 is 33.0 Å². The van der Waals surface area contributed by atoms with Crippen LogP contribution in [-0.2, 0) is 14.6 Å². The van der Waals surface area contributed by atoms with Gasteiger partial charge in [-0.1, -0.05) is 61.8 Å². The molecule has 1 amide bonds. The minimum atomic E-state index is -3.46. The Morgan fingerprint density at radius 2 is 1.85 bits per heavy atom. The summed E-state index contributed by atoms with van der Waals surface area (Å²) in [7, 11) is -3.46. The highest BCUT2D eigenvalue weighted by atomic mass is 35.5. The molecule has 2 rings (SSSR count). The molecule has 0 bridgehead atoms. The molecule has 0 aromatic heterocycles. The molecule has 0 spiro atoms. The molecule has 142 valence electrons. The third-order valence-corrected chi connectivity index (χ3v) is 6.00. The van der Waals surface area contributed by atoms with E-state index in [1.54, 1.807) is 26.0 Å². The van der Waals surface area contributed by atoms with E-state index >= 15 is 0 Å². The van der Waals surface area contributed by atoms with E-state index in [1.807, 2.05) is 30.3 Å². The number of sulfone groups is 1. The highest BCUT2D eigenvalue weighted by Crippen LogP contribution is 2.31. The van der Waals surface area contributed by atoms with Crippen LogP contribution in [0.1, 0.15) is 30.9 Å². The number of amides is 1. The molecule has 0 heterocycles. The van der Waals surface area contributed by atoms with Gasteiger partial charge in [-0.25, -0.2) is 8.42 Å². The van der Waals surface area contributed by atoms with Crippen LogP contribution in [0.4, 0.5) is 5.69 Å². The van der Waals surface area contributed by atoms with Gasteiger partial charge in [-0.05, 0) is 29.2 Å². The van der Waals surface area contributed by atoms with Gasteiger partial charge in [0.2, 0.25) is 5.91 Å². The van der Waals surface area contributed by atoms with Crippen molar-refractivity contribution in [1.29, 1.82) is 5.26 Å². The standard InChI is InChI=1S/C20H21ClN2O3S/c1-14(2)12-27(25,26)13-20(24)23-16-8-9-17(19(21)10-16)18(11-22)15-6-4-3-5-7-15/h3-10,14,18H,12-13H2,1-2H3,(H,23,24). The maximum atomic E-state index is 12.0. The predicted molar refractivity (Wildman–Crippen MR) is 107 cm³/mol. The Morgan fingerprint density at radius 1 is 1.19 bits per heavy atom. The van der Waals surface area contributed by atoms with E-state index in [1.165, 1.54) is 6.07 Å². The molecular formula is C20H21ClN2O3S. The third-order valence-electron chi connectivity index (χ3n) is 3.80. The van der Waals surface area contributed by atoms with Crippen LogP contribution in [0.2, 0.25) is 5.02 Å². The molecule has 1 N–H and O–H groups in total. The molecule has 0 aliphatic rings. The number of nitrogens with zero attached hydrogens (tertiary/aromatic N) is 1. The van der Waals surface area contributed by atoms with E-state index in [0.29, 0.717) is 16.3 Å². The van der Waals surface area contributed by atoms with E-state index in [-0.39, 0.29) is 11.7 Å². The predicted octanol–water partition coefficient (Wildman–Crippen LogP) is 4.00. The Bertz CT molecular complexity index is 951. The van der Waals surface area contributed by atoms with Gasteiger partial charge in [0, 0.05) is 10.7 Å². The smallest absolute Gasteiger partial charge is 0.239 e. The molecule has 0 radical (unpaired) electrons. The Labute approximate surface area is 164 Å². The molecule has 1 unspecified atom stereocenters. The van der Waals surface area contributed by atoms with Gasteiger partial charge < -0.3 is 5.32 Å². The summed E-state index contributed by atoms with van der Waals surface area (Å²) in [6.45, 7) is 3.57. The second-order valence-electron chi connectivity index (χ2n) is 6.71. The minimum Gasteiger partial charge on any atom is -0.325 e. The Balaban J connectivity index is 2.15. The lowest BCUT2D eigenvalue weighted by molar-refractivity contribution is -0.113. The second kappa shape index (κ2) is 9.03. The van der Waals surface area contributed by atoms with Crippen LogP contribution in [0.5, 0.6) is 0 Å². The van der Waals surface area contributed by atoms with Crippen LogP contribution in [0.3, 0.4) is 0 Å². The summed E-state index contributed by atoms with van der Waals surface area (Å²) in [5.74, 6) is -1.80. The van der Waals surface area contributed by atoms with Crippen molar-refractivity contribution in [2.75, 3.05) is 16.8 Å². The molecule has 2 aromatic rings. The van der Waals surface area contributed by atoms with Gasteiger partial charge in [-0.2, -0.15) is 5.26 Å². The average Bonchev–Trinajstić information content (AvgIpc) is 2.56. The van der Waals surface area contributed by atoms with Crippen LogP contribution in [0.15, 0.2) is 48.5 Å². The van der Waals surface area contributed by atoms with Crippen molar-refractivity contribution in [3.8, 4) is 6.07 Å². The van der Waals surface area contributed by atoms with E-state index in [4.69, 9.17) is 11.6 Å². The van der Waals surface area contributed by atoms with E-state index in [0.717, 1.165) is 5.56 Å². The number of hydrogen-bond donors (Lipinski definition) is 1. The van der Waals surface area contributed by atoms with Gasteiger partial charge in [0.15, 0.2) is 9.84 Å². The van der Waals surface area contributed by atoms with Gasteiger partial charge in [0.25, 0.3) is 0 Å². The van der Waals surface area contributed by atoms with Gasteiger partial charge in [-0.15, -0.1) is 0 Å². The number of rotatable bonds is 7. The van der Waals surface area contributed by atoms with Gasteiger partial charge >= 0.3 is 0 Å². The monoisotopic (exact) mass is 404 g/mol. The highest BCUT2D eigenvalue weighted by Gasteiger charge is 2.20. The quantitative estimate of drug-likeness (QED) is 0.755. The van der Waals surface area contributed by atoms with Crippen molar-refractivity contribution in [2.24, 2.45) is 5.92 Å². The summed E-state index contributed by atoms with van der Waals surface area (Å²) in [5, 5.41) is 12.4. The summed E-state index contributed by atoms with van der Waals surface area (Å²) in [6, 6.07) is 16.3. The summed E-state index contributed by atoms with van der Waals surface area (Å²) >= 11 is 6.32. The lowest BCUT2D eigenvalue weighted by atomic mass is 9.92. The fourth-order valence-corrected chi connectivity index (χ4v) is 4.67. The van der Waals surface area contributed by atoms with E-state index in [2.05, 4.69) is 11.4 Å². The minimum absolute atomic E-state index is 0.0406. The lowest BCUT2D eigenvalue weighted by Gasteiger charge is -2.14. The number of carbonyl (C=O) groups excluding carboxylic acids is 1. The van der Waals surface area contributed by atoms with Gasteiger partial charge in [-0.3, -0.25) is 4.79 Å². The number of nitrogens with one attached hydrogen (secondary N) is 1. The van der Waals surface area contributed by atoms with Crippen LogP contribution in [-0.4, -0.2) is 25.8 Å². The highest BCUT2D eigenvalue weighted by molar-refractivity contribution is 7.92. The molecular weight excluding hydrogens is 384 g/mol. The van der Waals surface area contributed by atoms with E-state index in [9.17, 15) is 18.5 Å². The molecule has 0 fully saturated rings. The summed E-state index contributed by atoms with van der Waals surface area (Å²) in [4.78, 5) is 12.0. The lowest BCUT2D eigenvalue weighted by Crippen LogP contribution is -2.26. The van der Waals surface area contributed by atoms with Crippen LogP contribution in [0.25, 0.3) is 0 Å². The molecule has 27 heavy (non-hydrogen) atoms. The van der Waals surface area contributed by atoms with Crippen molar-refractivity contribution in [3.05, 3.63) is 64.7 Å². The summed E-state index contributed by atoms with van der Waals surface area (Å²) < 4.78 is 23.8. The molecule has 7 heteroatoms. The number of anilines is 1. The molecule has 0 saturated carbocycles. The maximum absolute atomic E-state index is 12.0. The molecule has 2 aromatic carbocycles. The summed E-state index contributed by atoms with van der Waals surface area (Å²) in [6.07, 6.45) is 0. The first-order valence-electron chi connectivity index (χ1n) is 8.46. The van der Waals surface area contributed by atoms with Gasteiger partial charge in [0.1, 0.15) is 5.75 Å². The molecule has 0 saturated heterocycles. The van der Waals surface area contributed by atoms with Crippen molar-refractivity contribution in [2.45, 2.75) is 19.8 Å². The van der Waals surface area contributed by atoms with Gasteiger partial charge in [0.05, 0.1) is 17.7 Å². The molecule has 5 nitrogen and oxygen atoms in total. The normalized spacial score (nSPS) is 12.4. The Hall–Kier alpha value is -2.36. The van der Waals surface area contributed by atoms with Crippen molar-refractivity contribution < 1.29 is 13.2 Å². The SMILES string of the molecule is CC(C)CS(=O)(=O)CC(=O)Nc1ccc(C(C#N)c2ccccc2)c(Cl)c1. The molecule has 0 aliphatic heterocycles. The second-order valence-corrected chi connectivity index (χ2v) is 9.22. The number of hydrogen-bond acceptors (Lipinski definition) is 4. The average molecular weight is 405 g/mol. The zero-order valence-corrected chi connectivity index (χ0v) is 16.7. The molecule has 0 aliphatic carbocycles. The number of nitriles is 1.